The molecule has 338 valence electrons. The first-order chi connectivity index (χ1) is 28.1. The highest BCUT2D eigenvalue weighted by Gasteiger charge is 2.25. The molecule has 0 saturated carbocycles. The molecule has 2 atom stereocenters. The fourth-order valence-electron chi connectivity index (χ4n) is 6.43. The van der Waals surface area contributed by atoms with Crippen LogP contribution in [0.15, 0.2) is 36.5 Å². The summed E-state index contributed by atoms with van der Waals surface area (Å²) in [5, 5.41) is 9.64. The van der Waals surface area contributed by atoms with Gasteiger partial charge >= 0.3 is 17.9 Å². The molecule has 0 bridgehead atoms. The van der Waals surface area contributed by atoms with Crippen molar-refractivity contribution in [2.45, 2.75) is 212 Å². The topological polar surface area (TPSA) is 108 Å². The zero-order valence-electron chi connectivity index (χ0n) is 38.2. The molecule has 9 heteroatoms. The normalized spacial score (nSPS) is 13.2. The van der Waals surface area contributed by atoms with Gasteiger partial charge in [0.1, 0.15) is 13.2 Å². The van der Waals surface area contributed by atoms with Gasteiger partial charge in [0, 0.05) is 12.8 Å². The summed E-state index contributed by atoms with van der Waals surface area (Å²) in [4.78, 5) is 37.1. The van der Waals surface area contributed by atoms with Crippen LogP contribution in [-0.4, -0.2) is 87.4 Å². The number of rotatable bonds is 43. The maximum absolute atomic E-state index is 12.8. The van der Waals surface area contributed by atoms with Crippen molar-refractivity contribution in [3.05, 3.63) is 36.5 Å². The molecule has 0 heterocycles. The number of carbonyl (C=O) groups is 3. The fraction of sp³-hybridized carbons (Fsp3) is 0.816. The lowest BCUT2D eigenvalue weighted by atomic mass is 10.0. The van der Waals surface area contributed by atoms with E-state index in [1.54, 1.807) is 0 Å². The number of aliphatic carboxylic acids is 1. The summed E-state index contributed by atoms with van der Waals surface area (Å²) in [7, 11) is 5.95. The molecule has 2 unspecified atom stereocenters. The second kappa shape index (κ2) is 41.3. The third kappa shape index (κ3) is 41.7. The second-order valence-electron chi connectivity index (χ2n) is 17.1. The van der Waals surface area contributed by atoms with Crippen molar-refractivity contribution in [3.63, 3.8) is 0 Å². The fourth-order valence-corrected chi connectivity index (χ4v) is 6.43. The van der Waals surface area contributed by atoms with E-state index in [1.165, 1.54) is 109 Å². The standard InChI is InChI=1S/C49H89NO8/c1-6-8-10-12-14-16-18-20-21-22-23-24-25-26-27-28-30-32-34-36-38-40-47(52)58-45(44-57-49(48(53)54)55-42-41-50(3,4)5)43-56-46(51)39-37-35-33-31-29-19-17-15-13-11-9-7-2/h18,20,22-23,25-26,45,49H,6-17,19,21,24,27-44H2,1-5H3/p+1/b20-18-,23-22-,26-25-. The molecule has 0 aliphatic carbocycles. The number of unbranched alkanes of at least 4 members (excludes halogenated alkanes) is 22. The van der Waals surface area contributed by atoms with Crippen molar-refractivity contribution < 1.29 is 42.9 Å². The Hall–Kier alpha value is -2.49. The van der Waals surface area contributed by atoms with E-state index in [2.05, 4.69) is 50.3 Å². The first-order valence-electron chi connectivity index (χ1n) is 23.7. The molecule has 0 aliphatic rings. The molecule has 0 amide bonds. The van der Waals surface area contributed by atoms with E-state index >= 15 is 0 Å². The van der Waals surface area contributed by atoms with Crippen molar-refractivity contribution in [1.82, 2.24) is 0 Å². The molecule has 0 saturated heterocycles. The smallest absolute Gasteiger partial charge is 0.361 e. The highest BCUT2D eigenvalue weighted by molar-refractivity contribution is 5.71. The Morgan fingerprint density at radius 3 is 1.38 bits per heavy atom. The molecule has 0 rings (SSSR count). The number of likely N-dealkylation sites (N-methyl/N-ethyl adjacent to an activating group) is 1. The van der Waals surface area contributed by atoms with E-state index in [1.807, 2.05) is 21.1 Å². The van der Waals surface area contributed by atoms with Crippen molar-refractivity contribution in [2.75, 3.05) is 47.5 Å². The van der Waals surface area contributed by atoms with E-state index in [0.29, 0.717) is 23.9 Å². The van der Waals surface area contributed by atoms with Crippen molar-refractivity contribution >= 4 is 17.9 Å². The lowest BCUT2D eigenvalue weighted by Crippen LogP contribution is -2.40. The third-order valence-corrected chi connectivity index (χ3v) is 10.1. The first kappa shape index (κ1) is 55.5. The van der Waals surface area contributed by atoms with Crippen LogP contribution in [0.3, 0.4) is 0 Å². The summed E-state index contributed by atoms with van der Waals surface area (Å²) in [5.41, 5.74) is 0. The summed E-state index contributed by atoms with van der Waals surface area (Å²) < 4.78 is 22.7. The Morgan fingerprint density at radius 1 is 0.517 bits per heavy atom. The van der Waals surface area contributed by atoms with Crippen LogP contribution in [0.25, 0.3) is 0 Å². The Kier molecular flexibility index (Phi) is 39.5. The van der Waals surface area contributed by atoms with Crippen molar-refractivity contribution in [3.8, 4) is 0 Å². The molecule has 0 spiro atoms. The third-order valence-electron chi connectivity index (χ3n) is 10.1. The minimum absolute atomic E-state index is 0.185. The van der Waals surface area contributed by atoms with Gasteiger partial charge in [-0.05, 0) is 51.4 Å². The van der Waals surface area contributed by atoms with Gasteiger partial charge < -0.3 is 28.5 Å². The minimum Gasteiger partial charge on any atom is -0.477 e. The lowest BCUT2D eigenvalue weighted by molar-refractivity contribution is -0.870. The van der Waals surface area contributed by atoms with Crippen LogP contribution >= 0.6 is 0 Å². The SMILES string of the molecule is CCCCCCC/C=C\C/C=C\C/C=C\CCCCCCCCC(=O)OC(COC(=O)CCCCCCCCCCCCCC)COC(OCC[N+](C)(C)C)C(=O)O. The lowest BCUT2D eigenvalue weighted by Gasteiger charge is -2.25. The van der Waals surface area contributed by atoms with E-state index in [-0.39, 0.29) is 32.2 Å². The molecule has 58 heavy (non-hydrogen) atoms. The second-order valence-corrected chi connectivity index (χ2v) is 17.1. The van der Waals surface area contributed by atoms with E-state index in [4.69, 9.17) is 18.9 Å². The van der Waals surface area contributed by atoms with Crippen LogP contribution < -0.4 is 0 Å². The van der Waals surface area contributed by atoms with Gasteiger partial charge in [-0.2, -0.15) is 0 Å². The molecule has 0 aliphatic heterocycles. The van der Waals surface area contributed by atoms with Gasteiger partial charge in [-0.3, -0.25) is 9.59 Å². The first-order valence-corrected chi connectivity index (χ1v) is 23.7. The summed E-state index contributed by atoms with van der Waals surface area (Å²) in [6.45, 7) is 4.84. The van der Waals surface area contributed by atoms with Crippen molar-refractivity contribution in [1.29, 1.82) is 0 Å². The average molecular weight is 821 g/mol. The predicted molar refractivity (Wildman–Crippen MR) is 240 cm³/mol. The van der Waals surface area contributed by atoms with Gasteiger partial charge in [-0.1, -0.05) is 172 Å². The van der Waals surface area contributed by atoms with Gasteiger partial charge in [0.2, 0.25) is 0 Å². The van der Waals surface area contributed by atoms with Crippen LogP contribution in [0.5, 0.6) is 0 Å². The zero-order chi connectivity index (χ0) is 42.8. The number of carboxylic acids is 1. The quantitative estimate of drug-likeness (QED) is 0.0213. The summed E-state index contributed by atoms with van der Waals surface area (Å²) >= 11 is 0. The molecule has 0 fully saturated rings. The van der Waals surface area contributed by atoms with Crippen LogP contribution in [0.2, 0.25) is 0 Å². The van der Waals surface area contributed by atoms with E-state index in [9.17, 15) is 19.5 Å². The molecule has 0 aromatic rings. The Bertz CT molecular complexity index is 1050. The zero-order valence-corrected chi connectivity index (χ0v) is 38.2. The molecule has 0 aromatic carbocycles. The van der Waals surface area contributed by atoms with Gasteiger partial charge in [0.05, 0.1) is 34.4 Å². The largest absolute Gasteiger partial charge is 0.477 e. The van der Waals surface area contributed by atoms with Crippen LogP contribution in [0.1, 0.15) is 200 Å². The molecule has 0 radical (unpaired) electrons. The predicted octanol–water partition coefficient (Wildman–Crippen LogP) is 12.6. The van der Waals surface area contributed by atoms with Gasteiger partial charge in [-0.25, -0.2) is 4.79 Å². The Balaban J connectivity index is 4.40. The molecular formula is C49H90NO8+. The number of ether oxygens (including phenoxy) is 4. The maximum atomic E-state index is 12.8. The summed E-state index contributed by atoms with van der Waals surface area (Å²) in [6, 6.07) is 0. The Labute approximate surface area is 356 Å². The summed E-state index contributed by atoms with van der Waals surface area (Å²) in [6.07, 6.45) is 43.4. The number of hydrogen-bond acceptors (Lipinski definition) is 7. The highest BCUT2D eigenvalue weighted by atomic mass is 16.7. The number of nitrogens with zero attached hydrogens (tertiary/aromatic N) is 1. The number of carbonyl (C=O) groups excluding carboxylic acids is 2. The average Bonchev–Trinajstić information content (AvgIpc) is 3.18. The molecule has 9 nitrogen and oxygen atoms in total. The number of carboxylic acid groups (broad SMARTS) is 1. The molecule has 0 aromatic heterocycles. The highest BCUT2D eigenvalue weighted by Crippen LogP contribution is 2.14. The minimum atomic E-state index is -1.51. The summed E-state index contributed by atoms with van der Waals surface area (Å²) in [5.74, 6) is -2.02. The van der Waals surface area contributed by atoms with Crippen molar-refractivity contribution in [2.24, 2.45) is 0 Å². The van der Waals surface area contributed by atoms with Gasteiger partial charge in [0.15, 0.2) is 6.10 Å². The van der Waals surface area contributed by atoms with Gasteiger partial charge in [-0.15, -0.1) is 0 Å². The number of esters is 2. The van der Waals surface area contributed by atoms with E-state index < -0.39 is 24.3 Å². The number of hydrogen-bond donors (Lipinski definition) is 1. The van der Waals surface area contributed by atoms with Crippen LogP contribution in [0, 0.1) is 0 Å². The monoisotopic (exact) mass is 821 g/mol. The maximum Gasteiger partial charge on any atom is 0.361 e. The number of allylic oxidation sites excluding steroid dienone is 6. The van der Waals surface area contributed by atoms with Gasteiger partial charge in [0.25, 0.3) is 6.29 Å². The van der Waals surface area contributed by atoms with Crippen LogP contribution in [-0.2, 0) is 33.3 Å². The Morgan fingerprint density at radius 2 is 0.931 bits per heavy atom. The molecular weight excluding hydrogens is 731 g/mol. The number of quaternary nitrogens is 1. The van der Waals surface area contributed by atoms with E-state index in [0.717, 1.165) is 57.8 Å². The molecule has 1 N–H and O–H groups in total. The van der Waals surface area contributed by atoms with Crippen LogP contribution in [0.4, 0.5) is 0 Å².